The average Bonchev–Trinajstić information content (AvgIpc) is 2.65. The minimum absolute atomic E-state index is 0.0924. The van der Waals surface area contributed by atoms with Crippen LogP contribution in [0.15, 0.2) is 0 Å². The summed E-state index contributed by atoms with van der Waals surface area (Å²) in [5.41, 5.74) is 0. The van der Waals surface area contributed by atoms with Crippen molar-refractivity contribution in [3.05, 3.63) is 0 Å². The fraction of sp³-hybridized carbons (Fsp3) is 1.00. The molecule has 170 valence electrons. The standard InChI is InChI=1S/C23H48O4S/c1-3-5-20-23(28(25,26)27)21-18-16-14-12-10-8-6-7-9-11-13-15-17-19-22(24)4-2/h22-24H,3-21H2,1-2H3,(H,25,26,27). The molecule has 0 aromatic rings. The fourth-order valence-corrected chi connectivity index (χ4v) is 4.70. The number of aliphatic hydroxyl groups is 1. The number of hydrogen-bond donors (Lipinski definition) is 2. The van der Waals surface area contributed by atoms with Crippen LogP contribution in [0.2, 0.25) is 0 Å². The smallest absolute Gasteiger partial charge is 0.267 e. The van der Waals surface area contributed by atoms with Gasteiger partial charge < -0.3 is 5.11 Å². The number of unbranched alkanes of at least 4 members (excludes halogenated alkanes) is 13. The maximum absolute atomic E-state index is 11.4. The molecule has 0 heterocycles. The molecule has 0 radical (unpaired) electrons. The van der Waals surface area contributed by atoms with Crippen LogP contribution in [0.4, 0.5) is 0 Å². The molecule has 0 aromatic heterocycles. The van der Waals surface area contributed by atoms with Gasteiger partial charge in [0.1, 0.15) is 0 Å². The van der Waals surface area contributed by atoms with E-state index in [0.717, 1.165) is 38.5 Å². The zero-order valence-corrected chi connectivity index (χ0v) is 19.5. The normalized spacial score (nSPS) is 14.3. The molecule has 0 rings (SSSR count). The molecule has 2 N–H and O–H groups in total. The van der Waals surface area contributed by atoms with Gasteiger partial charge in [-0.1, -0.05) is 110 Å². The van der Waals surface area contributed by atoms with Gasteiger partial charge in [-0.3, -0.25) is 4.55 Å². The van der Waals surface area contributed by atoms with Crippen molar-refractivity contribution in [2.45, 2.75) is 147 Å². The van der Waals surface area contributed by atoms with E-state index < -0.39 is 15.4 Å². The Morgan fingerprint density at radius 3 is 1.32 bits per heavy atom. The molecule has 0 aliphatic rings. The van der Waals surface area contributed by atoms with Gasteiger partial charge in [-0.05, 0) is 25.7 Å². The van der Waals surface area contributed by atoms with E-state index in [2.05, 4.69) is 0 Å². The van der Waals surface area contributed by atoms with Crippen LogP contribution in [0.1, 0.15) is 136 Å². The average molecular weight is 421 g/mol. The van der Waals surface area contributed by atoms with Crippen molar-refractivity contribution in [2.24, 2.45) is 0 Å². The Labute approximate surface area is 175 Å². The molecule has 2 unspecified atom stereocenters. The van der Waals surface area contributed by atoms with E-state index in [0.29, 0.717) is 12.8 Å². The van der Waals surface area contributed by atoms with Crippen LogP contribution < -0.4 is 0 Å². The first kappa shape index (κ1) is 27.9. The molecule has 0 amide bonds. The van der Waals surface area contributed by atoms with Gasteiger partial charge >= 0.3 is 0 Å². The summed E-state index contributed by atoms with van der Waals surface area (Å²) in [6.45, 7) is 4.08. The topological polar surface area (TPSA) is 74.6 Å². The van der Waals surface area contributed by atoms with Crippen LogP contribution in [-0.2, 0) is 10.1 Å². The van der Waals surface area contributed by atoms with E-state index in [1.54, 1.807) is 0 Å². The molecule has 5 heteroatoms. The second kappa shape index (κ2) is 18.9. The minimum atomic E-state index is -3.87. The maximum atomic E-state index is 11.4. The largest absolute Gasteiger partial charge is 0.393 e. The predicted molar refractivity (Wildman–Crippen MR) is 120 cm³/mol. The second-order valence-electron chi connectivity index (χ2n) is 8.51. The summed E-state index contributed by atoms with van der Waals surface area (Å²) < 4.78 is 32.1. The number of hydrogen-bond acceptors (Lipinski definition) is 3. The minimum Gasteiger partial charge on any atom is -0.393 e. The maximum Gasteiger partial charge on any atom is 0.267 e. The zero-order valence-electron chi connectivity index (χ0n) is 18.7. The molecule has 0 saturated heterocycles. The Balaban J connectivity index is 3.37. The van der Waals surface area contributed by atoms with Crippen LogP contribution in [0.5, 0.6) is 0 Å². The highest BCUT2D eigenvalue weighted by atomic mass is 32.2. The summed E-state index contributed by atoms with van der Waals surface area (Å²) in [7, 11) is -3.87. The summed E-state index contributed by atoms with van der Waals surface area (Å²) in [5, 5.41) is 8.95. The van der Waals surface area contributed by atoms with Crippen molar-refractivity contribution >= 4 is 10.1 Å². The van der Waals surface area contributed by atoms with Crippen molar-refractivity contribution in [1.82, 2.24) is 0 Å². The summed E-state index contributed by atoms with van der Waals surface area (Å²) in [4.78, 5) is 0. The van der Waals surface area contributed by atoms with Gasteiger partial charge in [-0.15, -0.1) is 0 Å². The molecule has 0 aromatic carbocycles. The lowest BCUT2D eigenvalue weighted by Crippen LogP contribution is -2.20. The second-order valence-corrected chi connectivity index (χ2v) is 10.2. The summed E-state index contributed by atoms with van der Waals surface area (Å²) in [6.07, 6.45) is 20.8. The van der Waals surface area contributed by atoms with Crippen LogP contribution in [0.3, 0.4) is 0 Å². The van der Waals surface area contributed by atoms with E-state index in [9.17, 15) is 18.1 Å². The van der Waals surface area contributed by atoms with E-state index in [1.165, 1.54) is 70.6 Å². The SMILES string of the molecule is CCCCC(CCCCCCCCCCCCCCCC(O)CC)S(=O)(=O)O. The third-order valence-corrected chi connectivity index (χ3v) is 7.15. The van der Waals surface area contributed by atoms with Gasteiger partial charge in [0, 0.05) is 0 Å². The predicted octanol–water partition coefficient (Wildman–Crippen LogP) is 7.06. The highest BCUT2D eigenvalue weighted by molar-refractivity contribution is 7.86. The van der Waals surface area contributed by atoms with Gasteiger partial charge in [-0.2, -0.15) is 8.42 Å². The summed E-state index contributed by atoms with van der Waals surface area (Å²) in [5.74, 6) is 0. The lowest BCUT2D eigenvalue weighted by molar-refractivity contribution is 0.156. The lowest BCUT2D eigenvalue weighted by atomic mass is 10.0. The van der Waals surface area contributed by atoms with Crippen molar-refractivity contribution in [2.75, 3.05) is 0 Å². The third kappa shape index (κ3) is 17.9. The van der Waals surface area contributed by atoms with Gasteiger partial charge in [0.05, 0.1) is 11.4 Å². The van der Waals surface area contributed by atoms with Crippen molar-refractivity contribution < 1.29 is 18.1 Å². The van der Waals surface area contributed by atoms with E-state index >= 15 is 0 Å². The van der Waals surface area contributed by atoms with Gasteiger partial charge in [-0.25, -0.2) is 0 Å². The molecule has 0 bridgehead atoms. The van der Waals surface area contributed by atoms with E-state index in [-0.39, 0.29) is 6.10 Å². The van der Waals surface area contributed by atoms with Crippen LogP contribution in [0, 0.1) is 0 Å². The summed E-state index contributed by atoms with van der Waals surface area (Å²) >= 11 is 0. The molecule has 4 nitrogen and oxygen atoms in total. The van der Waals surface area contributed by atoms with Gasteiger partial charge in [0.25, 0.3) is 10.1 Å². The van der Waals surface area contributed by atoms with Gasteiger partial charge in [0.15, 0.2) is 0 Å². The van der Waals surface area contributed by atoms with Crippen molar-refractivity contribution in [3.63, 3.8) is 0 Å². The van der Waals surface area contributed by atoms with E-state index in [4.69, 9.17) is 0 Å². The molecule has 28 heavy (non-hydrogen) atoms. The molecular formula is C23H48O4S. The fourth-order valence-electron chi connectivity index (χ4n) is 3.77. The first-order valence-corrected chi connectivity index (χ1v) is 13.6. The van der Waals surface area contributed by atoms with Gasteiger partial charge in [0.2, 0.25) is 0 Å². The quantitative estimate of drug-likeness (QED) is 0.154. The Kier molecular flexibility index (Phi) is 18.8. The van der Waals surface area contributed by atoms with Crippen LogP contribution in [0.25, 0.3) is 0 Å². The first-order valence-electron chi connectivity index (χ1n) is 12.1. The van der Waals surface area contributed by atoms with Crippen LogP contribution >= 0.6 is 0 Å². The zero-order chi connectivity index (χ0) is 21.1. The van der Waals surface area contributed by atoms with Crippen molar-refractivity contribution in [3.8, 4) is 0 Å². The van der Waals surface area contributed by atoms with Crippen LogP contribution in [-0.4, -0.2) is 29.4 Å². The highest BCUT2D eigenvalue weighted by Gasteiger charge is 2.21. The summed E-state index contributed by atoms with van der Waals surface area (Å²) in [6, 6.07) is 0. The monoisotopic (exact) mass is 420 g/mol. The molecule has 0 spiro atoms. The van der Waals surface area contributed by atoms with E-state index in [1.807, 2.05) is 13.8 Å². The third-order valence-electron chi connectivity index (χ3n) is 5.84. The molecule has 0 fully saturated rings. The Bertz CT molecular complexity index is 422. The molecule has 0 aliphatic carbocycles. The Hall–Kier alpha value is -0.130. The molecule has 0 aliphatic heterocycles. The number of rotatable bonds is 21. The number of aliphatic hydroxyl groups excluding tert-OH is 1. The first-order chi connectivity index (χ1) is 13.4. The molecular weight excluding hydrogens is 372 g/mol. The van der Waals surface area contributed by atoms with Crippen molar-refractivity contribution in [1.29, 1.82) is 0 Å². The molecule has 2 atom stereocenters. The lowest BCUT2D eigenvalue weighted by Gasteiger charge is -2.13. The Morgan fingerprint density at radius 1 is 0.607 bits per heavy atom. The Morgan fingerprint density at radius 2 is 0.964 bits per heavy atom. The highest BCUT2D eigenvalue weighted by Crippen LogP contribution is 2.18. The molecule has 0 saturated carbocycles.